The van der Waals surface area contributed by atoms with Crippen molar-refractivity contribution in [1.82, 2.24) is 25.0 Å². The van der Waals surface area contributed by atoms with Crippen LogP contribution in [0.4, 0.5) is 0 Å². The number of nitrogens with zero attached hydrogens (tertiary/aromatic N) is 4. The van der Waals surface area contributed by atoms with Crippen LogP contribution in [0.2, 0.25) is 0 Å². The maximum absolute atomic E-state index is 5.54. The molecule has 3 heterocycles. The quantitative estimate of drug-likeness (QED) is 0.840. The molecule has 27 heavy (non-hydrogen) atoms. The first kappa shape index (κ1) is 19.9. The van der Waals surface area contributed by atoms with E-state index >= 15 is 0 Å². The van der Waals surface area contributed by atoms with E-state index < -0.39 is 0 Å². The minimum Gasteiger partial charge on any atom is -0.497 e. The van der Waals surface area contributed by atoms with Gasteiger partial charge in [-0.25, -0.2) is 0 Å². The van der Waals surface area contributed by atoms with Crippen molar-refractivity contribution < 1.29 is 9.47 Å². The molecule has 0 spiro atoms. The van der Waals surface area contributed by atoms with Crippen LogP contribution in [-0.4, -0.2) is 53.5 Å². The van der Waals surface area contributed by atoms with Crippen molar-refractivity contribution in [3.63, 3.8) is 0 Å². The van der Waals surface area contributed by atoms with Crippen molar-refractivity contribution >= 4 is 12.4 Å². The molecule has 8 heteroatoms. The maximum Gasteiger partial charge on any atom is 0.147 e. The second-order valence-corrected chi connectivity index (χ2v) is 7.03. The van der Waals surface area contributed by atoms with Crippen molar-refractivity contribution in [3.05, 3.63) is 35.4 Å². The monoisotopic (exact) mass is 393 g/mol. The largest absolute Gasteiger partial charge is 0.497 e. The molecule has 1 aromatic heterocycles. The van der Waals surface area contributed by atoms with Gasteiger partial charge in [-0.3, -0.25) is 4.90 Å². The molecular weight excluding hydrogens is 366 g/mol. The number of hydrogen-bond acceptors (Lipinski definition) is 6. The SMILES string of the molecule is COc1ccc(CN2CCC(c3nnc4n3CCNC4)CC2)c(OC)c1.Cl. The van der Waals surface area contributed by atoms with Gasteiger partial charge >= 0.3 is 0 Å². The highest BCUT2D eigenvalue weighted by atomic mass is 35.5. The third kappa shape index (κ3) is 4.20. The van der Waals surface area contributed by atoms with Crippen LogP contribution in [0.15, 0.2) is 18.2 Å². The molecule has 2 aliphatic heterocycles. The Bertz CT molecular complexity index is 759. The molecule has 1 aromatic carbocycles. The third-order valence-electron chi connectivity index (χ3n) is 5.49. The average Bonchev–Trinajstić information content (AvgIpc) is 3.13. The normalized spacial score (nSPS) is 17.9. The fraction of sp³-hybridized carbons (Fsp3) is 0.579. The van der Waals surface area contributed by atoms with Gasteiger partial charge in [-0.15, -0.1) is 22.6 Å². The zero-order valence-corrected chi connectivity index (χ0v) is 16.8. The summed E-state index contributed by atoms with van der Waals surface area (Å²) in [4.78, 5) is 2.50. The van der Waals surface area contributed by atoms with E-state index in [1.54, 1.807) is 14.2 Å². The molecule has 0 saturated carbocycles. The maximum atomic E-state index is 5.54. The van der Waals surface area contributed by atoms with E-state index in [4.69, 9.17) is 9.47 Å². The summed E-state index contributed by atoms with van der Waals surface area (Å²) in [5.41, 5.74) is 1.21. The number of benzene rings is 1. The van der Waals surface area contributed by atoms with Crippen molar-refractivity contribution in [3.8, 4) is 11.5 Å². The number of likely N-dealkylation sites (tertiary alicyclic amines) is 1. The van der Waals surface area contributed by atoms with Crippen LogP contribution in [0, 0.1) is 0 Å². The molecule has 2 aliphatic rings. The summed E-state index contributed by atoms with van der Waals surface area (Å²) in [6, 6.07) is 6.06. The van der Waals surface area contributed by atoms with Gasteiger partial charge in [0.1, 0.15) is 23.1 Å². The second-order valence-electron chi connectivity index (χ2n) is 7.03. The number of hydrogen-bond donors (Lipinski definition) is 1. The fourth-order valence-corrected chi connectivity index (χ4v) is 3.99. The molecule has 0 amide bonds. The van der Waals surface area contributed by atoms with Crippen molar-refractivity contribution in [2.45, 2.75) is 38.4 Å². The summed E-state index contributed by atoms with van der Waals surface area (Å²) < 4.78 is 13.1. The van der Waals surface area contributed by atoms with Gasteiger partial charge in [0.25, 0.3) is 0 Å². The van der Waals surface area contributed by atoms with Crippen LogP contribution >= 0.6 is 12.4 Å². The highest BCUT2D eigenvalue weighted by Crippen LogP contribution is 2.31. The highest BCUT2D eigenvalue weighted by molar-refractivity contribution is 5.85. The van der Waals surface area contributed by atoms with Gasteiger partial charge in [-0.2, -0.15) is 0 Å². The Labute approximate surface area is 166 Å². The number of nitrogens with one attached hydrogen (secondary N) is 1. The number of methoxy groups -OCH3 is 2. The van der Waals surface area contributed by atoms with E-state index in [0.29, 0.717) is 5.92 Å². The van der Waals surface area contributed by atoms with Crippen molar-refractivity contribution in [1.29, 1.82) is 0 Å². The molecule has 1 saturated heterocycles. The molecule has 0 aliphatic carbocycles. The van der Waals surface area contributed by atoms with Gasteiger partial charge in [-0.1, -0.05) is 6.07 Å². The van der Waals surface area contributed by atoms with Crippen molar-refractivity contribution in [2.75, 3.05) is 33.9 Å². The van der Waals surface area contributed by atoms with Gasteiger partial charge < -0.3 is 19.4 Å². The molecule has 1 fully saturated rings. The minimum absolute atomic E-state index is 0. The number of piperidine rings is 1. The lowest BCUT2D eigenvalue weighted by Gasteiger charge is -2.32. The van der Waals surface area contributed by atoms with E-state index in [-0.39, 0.29) is 12.4 Å². The number of aromatic nitrogens is 3. The minimum atomic E-state index is 0. The summed E-state index contributed by atoms with van der Waals surface area (Å²) in [7, 11) is 3.40. The van der Waals surface area contributed by atoms with Gasteiger partial charge in [0.05, 0.1) is 20.8 Å². The predicted octanol–water partition coefficient (Wildman–Crippen LogP) is 2.20. The van der Waals surface area contributed by atoms with E-state index in [9.17, 15) is 0 Å². The summed E-state index contributed by atoms with van der Waals surface area (Å²) in [6.45, 7) is 5.88. The first-order valence-electron chi connectivity index (χ1n) is 9.34. The molecule has 1 N–H and O–H groups in total. The first-order valence-corrected chi connectivity index (χ1v) is 9.34. The van der Waals surface area contributed by atoms with Gasteiger partial charge in [0.2, 0.25) is 0 Å². The molecule has 0 bridgehead atoms. The molecule has 148 valence electrons. The lowest BCUT2D eigenvalue weighted by atomic mass is 9.95. The number of fused-ring (bicyclic) bond motifs is 1. The van der Waals surface area contributed by atoms with E-state index in [0.717, 1.165) is 69.4 Å². The Kier molecular flexibility index (Phi) is 6.57. The Morgan fingerprint density at radius 1 is 1.11 bits per heavy atom. The molecule has 0 radical (unpaired) electrons. The average molecular weight is 394 g/mol. The summed E-state index contributed by atoms with van der Waals surface area (Å²) in [5.74, 6) is 4.50. The van der Waals surface area contributed by atoms with Crippen LogP contribution in [0.5, 0.6) is 11.5 Å². The third-order valence-corrected chi connectivity index (χ3v) is 5.49. The van der Waals surface area contributed by atoms with Crippen molar-refractivity contribution in [2.24, 2.45) is 0 Å². The molecular formula is C19H28ClN5O2. The van der Waals surface area contributed by atoms with Gasteiger partial charge in [-0.05, 0) is 32.0 Å². The zero-order valence-electron chi connectivity index (χ0n) is 16.0. The summed E-state index contributed by atoms with van der Waals surface area (Å²) in [6.07, 6.45) is 2.26. The van der Waals surface area contributed by atoms with Crippen LogP contribution in [0.1, 0.15) is 36.0 Å². The van der Waals surface area contributed by atoms with Crippen LogP contribution < -0.4 is 14.8 Å². The zero-order chi connectivity index (χ0) is 17.9. The van der Waals surface area contributed by atoms with Crippen LogP contribution in [0.3, 0.4) is 0 Å². The highest BCUT2D eigenvalue weighted by Gasteiger charge is 2.27. The van der Waals surface area contributed by atoms with Crippen LogP contribution in [0.25, 0.3) is 0 Å². The molecule has 2 aromatic rings. The summed E-state index contributed by atoms with van der Waals surface area (Å²) >= 11 is 0. The van der Waals surface area contributed by atoms with E-state index in [1.807, 2.05) is 12.1 Å². The standard InChI is InChI=1S/C19H27N5O2.ClH/c1-25-16-4-3-15(17(11-16)26-2)13-23-8-5-14(6-9-23)19-22-21-18-12-20-7-10-24(18)19;/h3-4,11,14,20H,5-10,12-13H2,1-2H3;1H. The molecule has 4 rings (SSSR count). The Morgan fingerprint density at radius 3 is 2.67 bits per heavy atom. The molecule has 0 atom stereocenters. The smallest absolute Gasteiger partial charge is 0.147 e. The van der Waals surface area contributed by atoms with Gasteiger partial charge in [0.15, 0.2) is 0 Å². The number of rotatable bonds is 5. The van der Waals surface area contributed by atoms with Gasteiger partial charge in [0, 0.05) is 37.2 Å². The molecule has 0 unspecified atom stereocenters. The lowest BCUT2D eigenvalue weighted by molar-refractivity contribution is 0.197. The number of ether oxygens (including phenoxy) is 2. The summed E-state index contributed by atoms with van der Waals surface area (Å²) in [5, 5.41) is 12.2. The fourth-order valence-electron chi connectivity index (χ4n) is 3.99. The van der Waals surface area contributed by atoms with Crippen LogP contribution in [-0.2, 0) is 19.6 Å². The lowest BCUT2D eigenvalue weighted by Crippen LogP contribution is -2.34. The number of halogens is 1. The topological polar surface area (TPSA) is 64.4 Å². The molecule has 7 nitrogen and oxygen atoms in total. The van der Waals surface area contributed by atoms with E-state index in [2.05, 4.69) is 31.0 Å². The Morgan fingerprint density at radius 2 is 1.93 bits per heavy atom. The Balaban J connectivity index is 0.00000210. The van der Waals surface area contributed by atoms with E-state index in [1.165, 1.54) is 11.4 Å². The Hall–Kier alpha value is -1.83. The predicted molar refractivity (Wildman–Crippen MR) is 106 cm³/mol. The first-order chi connectivity index (χ1) is 12.8. The second kappa shape index (κ2) is 8.91.